The Morgan fingerprint density at radius 1 is 1.09 bits per heavy atom. The second kappa shape index (κ2) is 8.09. The van der Waals surface area contributed by atoms with Crippen molar-refractivity contribution in [3.8, 4) is 0 Å². The standard InChI is InChI=1S/C17H28N2O2S/c1-15-8-9-16(2)17(14-15)22(20,21)18-10-7-13-19-11-5-3-4-6-12-19/h8-9,14,18H,3-7,10-13H2,1-2H3. The van der Waals surface area contributed by atoms with Crippen LogP contribution in [0.1, 0.15) is 43.2 Å². The van der Waals surface area contributed by atoms with Gasteiger partial charge in [-0.25, -0.2) is 13.1 Å². The molecular weight excluding hydrogens is 296 g/mol. The summed E-state index contributed by atoms with van der Waals surface area (Å²) in [6, 6.07) is 5.54. The molecule has 0 bridgehead atoms. The minimum Gasteiger partial charge on any atom is -0.303 e. The Hall–Kier alpha value is -0.910. The highest BCUT2D eigenvalue weighted by Gasteiger charge is 2.16. The molecule has 0 saturated carbocycles. The smallest absolute Gasteiger partial charge is 0.240 e. The average Bonchev–Trinajstić information content (AvgIpc) is 2.75. The zero-order valence-electron chi connectivity index (χ0n) is 13.8. The number of nitrogens with zero attached hydrogens (tertiary/aromatic N) is 1. The maximum Gasteiger partial charge on any atom is 0.240 e. The zero-order valence-corrected chi connectivity index (χ0v) is 14.6. The predicted molar refractivity (Wildman–Crippen MR) is 90.6 cm³/mol. The van der Waals surface area contributed by atoms with Gasteiger partial charge in [-0.3, -0.25) is 0 Å². The van der Waals surface area contributed by atoms with Crippen molar-refractivity contribution in [3.05, 3.63) is 29.3 Å². The van der Waals surface area contributed by atoms with Crippen LogP contribution in [0.15, 0.2) is 23.1 Å². The Morgan fingerprint density at radius 3 is 2.45 bits per heavy atom. The van der Waals surface area contributed by atoms with Crippen molar-refractivity contribution in [2.45, 2.75) is 50.8 Å². The van der Waals surface area contributed by atoms with E-state index in [1.54, 1.807) is 6.07 Å². The third kappa shape index (κ3) is 5.07. The fraction of sp³-hybridized carbons (Fsp3) is 0.647. The third-order valence-electron chi connectivity index (χ3n) is 4.28. The van der Waals surface area contributed by atoms with Gasteiger partial charge in [0.25, 0.3) is 0 Å². The van der Waals surface area contributed by atoms with E-state index in [9.17, 15) is 8.42 Å². The summed E-state index contributed by atoms with van der Waals surface area (Å²) in [5.74, 6) is 0. The molecule has 22 heavy (non-hydrogen) atoms. The van der Waals surface area contributed by atoms with Crippen LogP contribution in [0.25, 0.3) is 0 Å². The first-order valence-electron chi connectivity index (χ1n) is 8.28. The van der Waals surface area contributed by atoms with Crippen LogP contribution in [-0.4, -0.2) is 39.5 Å². The third-order valence-corrected chi connectivity index (χ3v) is 5.88. The number of sulfonamides is 1. The molecule has 0 aromatic heterocycles. The lowest BCUT2D eigenvalue weighted by Crippen LogP contribution is -2.31. The van der Waals surface area contributed by atoms with E-state index < -0.39 is 10.0 Å². The molecule has 1 aliphatic heterocycles. The van der Waals surface area contributed by atoms with Gasteiger partial charge in [0.2, 0.25) is 10.0 Å². The summed E-state index contributed by atoms with van der Waals surface area (Å²) in [5, 5.41) is 0. The van der Waals surface area contributed by atoms with Gasteiger partial charge >= 0.3 is 0 Å². The predicted octanol–water partition coefficient (Wildman–Crippen LogP) is 2.85. The van der Waals surface area contributed by atoms with Crippen molar-refractivity contribution in [2.75, 3.05) is 26.2 Å². The number of benzene rings is 1. The molecule has 1 aromatic rings. The highest BCUT2D eigenvalue weighted by molar-refractivity contribution is 7.89. The number of hydrogen-bond donors (Lipinski definition) is 1. The van der Waals surface area contributed by atoms with Crippen LogP contribution in [0, 0.1) is 13.8 Å². The molecule has 0 atom stereocenters. The molecule has 0 radical (unpaired) electrons. The molecule has 0 aliphatic carbocycles. The first-order valence-corrected chi connectivity index (χ1v) is 9.77. The number of rotatable bonds is 6. The summed E-state index contributed by atoms with van der Waals surface area (Å²) in [7, 11) is -3.39. The number of likely N-dealkylation sites (tertiary alicyclic amines) is 1. The number of nitrogens with one attached hydrogen (secondary N) is 1. The quantitative estimate of drug-likeness (QED) is 0.819. The Bertz CT molecular complexity index is 576. The molecule has 1 heterocycles. The fourth-order valence-electron chi connectivity index (χ4n) is 2.94. The molecule has 1 aromatic carbocycles. The Kier molecular flexibility index (Phi) is 6.41. The van der Waals surface area contributed by atoms with Gasteiger partial charge in [0.15, 0.2) is 0 Å². The van der Waals surface area contributed by atoms with Gasteiger partial charge in [0.1, 0.15) is 0 Å². The lowest BCUT2D eigenvalue weighted by atomic mass is 10.2. The lowest BCUT2D eigenvalue weighted by molar-refractivity contribution is 0.282. The van der Waals surface area contributed by atoms with E-state index in [2.05, 4.69) is 9.62 Å². The first-order chi connectivity index (χ1) is 10.5. The molecule has 0 amide bonds. The van der Waals surface area contributed by atoms with Gasteiger partial charge in [-0.05, 0) is 69.9 Å². The van der Waals surface area contributed by atoms with Crippen LogP contribution in [-0.2, 0) is 10.0 Å². The molecule has 0 spiro atoms. The van der Waals surface area contributed by atoms with Gasteiger partial charge in [0.05, 0.1) is 4.90 Å². The highest BCUT2D eigenvalue weighted by atomic mass is 32.2. The van der Waals surface area contributed by atoms with Crippen LogP contribution in [0.3, 0.4) is 0 Å². The van der Waals surface area contributed by atoms with Crippen molar-refractivity contribution in [1.82, 2.24) is 9.62 Å². The molecule has 1 fully saturated rings. The largest absolute Gasteiger partial charge is 0.303 e. The minimum absolute atomic E-state index is 0.405. The van der Waals surface area contributed by atoms with Crippen molar-refractivity contribution < 1.29 is 8.42 Å². The van der Waals surface area contributed by atoms with E-state index in [0.717, 1.165) is 37.2 Å². The summed E-state index contributed by atoms with van der Waals surface area (Å²) in [5.41, 5.74) is 1.76. The van der Waals surface area contributed by atoms with E-state index in [-0.39, 0.29) is 0 Å². The maximum atomic E-state index is 12.4. The topological polar surface area (TPSA) is 49.4 Å². The van der Waals surface area contributed by atoms with Gasteiger partial charge in [0, 0.05) is 6.54 Å². The van der Waals surface area contributed by atoms with Crippen molar-refractivity contribution in [1.29, 1.82) is 0 Å². The summed E-state index contributed by atoms with van der Waals surface area (Å²) in [6.07, 6.45) is 6.07. The summed E-state index contributed by atoms with van der Waals surface area (Å²) >= 11 is 0. The van der Waals surface area contributed by atoms with Crippen LogP contribution >= 0.6 is 0 Å². The molecule has 0 unspecified atom stereocenters. The SMILES string of the molecule is Cc1ccc(C)c(S(=O)(=O)NCCCN2CCCCCC2)c1. The summed E-state index contributed by atoms with van der Waals surface area (Å²) in [6.45, 7) is 7.55. The monoisotopic (exact) mass is 324 g/mol. The Labute approximate surface area is 135 Å². The Morgan fingerprint density at radius 2 is 1.77 bits per heavy atom. The van der Waals surface area contributed by atoms with E-state index in [1.807, 2.05) is 26.0 Å². The molecule has 4 nitrogen and oxygen atoms in total. The van der Waals surface area contributed by atoms with Gasteiger partial charge in [-0.15, -0.1) is 0 Å². The molecule has 124 valence electrons. The van der Waals surface area contributed by atoms with E-state index in [0.29, 0.717) is 11.4 Å². The van der Waals surface area contributed by atoms with Gasteiger partial charge < -0.3 is 4.90 Å². The van der Waals surface area contributed by atoms with Crippen molar-refractivity contribution in [2.24, 2.45) is 0 Å². The van der Waals surface area contributed by atoms with Crippen LogP contribution in [0.5, 0.6) is 0 Å². The van der Waals surface area contributed by atoms with Crippen molar-refractivity contribution >= 4 is 10.0 Å². The zero-order chi connectivity index (χ0) is 16.0. The fourth-order valence-corrected chi connectivity index (χ4v) is 4.35. The summed E-state index contributed by atoms with van der Waals surface area (Å²) in [4.78, 5) is 2.86. The van der Waals surface area contributed by atoms with Crippen molar-refractivity contribution in [3.63, 3.8) is 0 Å². The maximum absolute atomic E-state index is 12.4. The molecule has 1 N–H and O–H groups in total. The molecular formula is C17H28N2O2S. The molecule has 1 aliphatic rings. The lowest BCUT2D eigenvalue weighted by Gasteiger charge is -2.19. The Balaban J connectivity index is 1.83. The number of aryl methyl sites for hydroxylation is 2. The van der Waals surface area contributed by atoms with Crippen LogP contribution in [0.4, 0.5) is 0 Å². The average molecular weight is 324 g/mol. The highest BCUT2D eigenvalue weighted by Crippen LogP contribution is 2.16. The summed E-state index contributed by atoms with van der Waals surface area (Å²) < 4.78 is 27.5. The van der Waals surface area contributed by atoms with E-state index >= 15 is 0 Å². The second-order valence-corrected chi connectivity index (χ2v) is 8.01. The van der Waals surface area contributed by atoms with Crippen LogP contribution in [0.2, 0.25) is 0 Å². The first kappa shape index (κ1) is 17.4. The van der Waals surface area contributed by atoms with Crippen LogP contribution < -0.4 is 4.72 Å². The number of hydrogen-bond acceptors (Lipinski definition) is 3. The van der Waals surface area contributed by atoms with E-state index in [1.165, 1.54) is 25.7 Å². The second-order valence-electron chi connectivity index (χ2n) is 6.28. The van der Waals surface area contributed by atoms with E-state index in [4.69, 9.17) is 0 Å². The molecule has 2 rings (SSSR count). The van der Waals surface area contributed by atoms with Gasteiger partial charge in [-0.2, -0.15) is 0 Å². The normalized spacial score (nSPS) is 17.4. The molecule has 1 saturated heterocycles. The van der Waals surface area contributed by atoms with Gasteiger partial charge in [-0.1, -0.05) is 25.0 Å². The molecule has 5 heteroatoms. The minimum atomic E-state index is -3.39.